The lowest BCUT2D eigenvalue weighted by molar-refractivity contribution is -0.141. The predicted octanol–water partition coefficient (Wildman–Crippen LogP) is 0.533. The maximum absolute atomic E-state index is 12.2. The van der Waals surface area contributed by atoms with Gasteiger partial charge < -0.3 is 9.47 Å². The zero-order chi connectivity index (χ0) is 14.4. The molecule has 0 N–H and O–H groups in total. The van der Waals surface area contributed by atoms with Gasteiger partial charge in [0, 0.05) is 11.5 Å². The molecule has 0 saturated heterocycles. The van der Waals surface area contributed by atoms with Crippen LogP contribution < -0.4 is 0 Å². The highest BCUT2D eigenvalue weighted by molar-refractivity contribution is 6.07. The van der Waals surface area contributed by atoms with Gasteiger partial charge in [-0.25, -0.2) is 9.48 Å². The molecule has 0 aromatic carbocycles. The molecule has 2 aliphatic rings. The summed E-state index contributed by atoms with van der Waals surface area (Å²) < 4.78 is 10.8. The van der Waals surface area contributed by atoms with E-state index in [0.717, 1.165) is 6.42 Å². The normalized spacial score (nSPS) is 22.2. The van der Waals surface area contributed by atoms with Gasteiger partial charge in [-0.15, -0.1) is 0 Å². The molecule has 1 aromatic rings. The maximum Gasteiger partial charge on any atom is 0.359 e. The Hall–Kier alpha value is -2.18. The molecule has 7 nitrogen and oxygen atoms in total. The molecule has 1 aromatic heterocycles. The number of ether oxygens (including phenoxy) is 2. The molecular formula is C13H14N2O5. The molecule has 2 aliphatic carbocycles. The van der Waals surface area contributed by atoms with E-state index >= 15 is 0 Å². The zero-order valence-electron chi connectivity index (χ0n) is 11.2. The fraction of sp³-hybridized carbons (Fsp3) is 0.538. The van der Waals surface area contributed by atoms with Gasteiger partial charge in [-0.05, 0) is 19.3 Å². The van der Waals surface area contributed by atoms with E-state index in [-0.39, 0.29) is 36.5 Å². The maximum atomic E-state index is 12.2. The monoisotopic (exact) mass is 278 g/mol. The van der Waals surface area contributed by atoms with Crippen molar-refractivity contribution in [3.05, 3.63) is 17.0 Å². The number of hydrogen-bond donors (Lipinski definition) is 0. The Morgan fingerprint density at radius 2 is 2.15 bits per heavy atom. The van der Waals surface area contributed by atoms with Crippen molar-refractivity contribution in [2.45, 2.75) is 25.8 Å². The van der Waals surface area contributed by atoms with E-state index in [2.05, 4.69) is 9.84 Å². The summed E-state index contributed by atoms with van der Waals surface area (Å²) in [5.74, 6) is -1.10. The summed E-state index contributed by atoms with van der Waals surface area (Å²) in [6, 6.07) is 0. The minimum absolute atomic E-state index is 0.0445. The number of Topliss-reactive ketones (excluding diaryl/α,β-unsaturated/α-hetero) is 1. The summed E-state index contributed by atoms with van der Waals surface area (Å²) in [4.78, 5) is 35.5. The summed E-state index contributed by atoms with van der Waals surface area (Å²) in [6.45, 7) is 1.76. The van der Waals surface area contributed by atoms with Gasteiger partial charge in [0.15, 0.2) is 11.5 Å². The lowest BCUT2D eigenvalue weighted by atomic mass is 10.1. The molecule has 7 heteroatoms. The van der Waals surface area contributed by atoms with Gasteiger partial charge in [-0.1, -0.05) is 0 Å². The Morgan fingerprint density at radius 1 is 1.40 bits per heavy atom. The molecule has 2 atom stereocenters. The van der Waals surface area contributed by atoms with E-state index in [1.165, 1.54) is 11.8 Å². The molecule has 0 aliphatic heterocycles. The lowest BCUT2D eigenvalue weighted by Gasteiger charge is -2.03. The third kappa shape index (κ3) is 1.73. The van der Waals surface area contributed by atoms with Gasteiger partial charge in [0.1, 0.15) is 12.2 Å². The average Bonchev–Trinajstić information content (AvgIpc) is 3.05. The number of hydrogen-bond acceptors (Lipinski definition) is 6. The van der Waals surface area contributed by atoms with Crippen molar-refractivity contribution in [3.63, 3.8) is 0 Å². The van der Waals surface area contributed by atoms with Crippen LogP contribution in [0.4, 0.5) is 0 Å². The predicted molar refractivity (Wildman–Crippen MR) is 65.4 cm³/mol. The van der Waals surface area contributed by atoms with Gasteiger partial charge in [0.25, 0.3) is 0 Å². The standard InChI is InChI=1S/C13H14N2O5/c1-3-20-13(18)10-9-6-4-7(6)12(17)11(9)15(14-10)5-8(16)19-2/h6-7H,3-5H2,1-2H3/t6-,7+/m1/s1. The average molecular weight is 278 g/mol. The minimum Gasteiger partial charge on any atom is -0.468 e. The van der Waals surface area contributed by atoms with Gasteiger partial charge in [-0.3, -0.25) is 9.59 Å². The fourth-order valence-corrected chi connectivity index (χ4v) is 2.72. The highest BCUT2D eigenvalue weighted by Gasteiger charge is 2.56. The van der Waals surface area contributed by atoms with Crippen LogP contribution in [0.1, 0.15) is 45.8 Å². The number of rotatable bonds is 4. The number of methoxy groups -OCH3 is 1. The molecular weight excluding hydrogens is 264 g/mol. The summed E-state index contributed by atoms with van der Waals surface area (Å²) in [5.41, 5.74) is 1.16. The van der Waals surface area contributed by atoms with Crippen molar-refractivity contribution in [2.24, 2.45) is 5.92 Å². The van der Waals surface area contributed by atoms with Crippen molar-refractivity contribution in [1.29, 1.82) is 0 Å². The first-order valence-electron chi connectivity index (χ1n) is 6.47. The molecule has 1 saturated carbocycles. The Labute approximate surface area is 114 Å². The number of aromatic nitrogens is 2. The molecule has 0 radical (unpaired) electrons. The Bertz CT molecular complexity index is 619. The third-order valence-corrected chi connectivity index (χ3v) is 3.70. The molecule has 1 fully saturated rings. The van der Waals surface area contributed by atoms with E-state index < -0.39 is 11.9 Å². The van der Waals surface area contributed by atoms with Gasteiger partial charge in [0.05, 0.1) is 13.7 Å². The third-order valence-electron chi connectivity index (χ3n) is 3.70. The van der Waals surface area contributed by atoms with Crippen LogP contribution in [0.2, 0.25) is 0 Å². The highest BCUT2D eigenvalue weighted by atomic mass is 16.5. The second kappa shape index (κ2) is 4.43. The molecule has 0 amide bonds. The molecule has 20 heavy (non-hydrogen) atoms. The molecule has 0 bridgehead atoms. The van der Waals surface area contributed by atoms with Crippen LogP contribution in [-0.4, -0.2) is 41.2 Å². The van der Waals surface area contributed by atoms with Crippen LogP contribution >= 0.6 is 0 Å². The summed E-state index contributed by atoms with van der Waals surface area (Å²) in [6.07, 6.45) is 0.752. The van der Waals surface area contributed by atoms with E-state index in [9.17, 15) is 14.4 Å². The van der Waals surface area contributed by atoms with Crippen LogP contribution in [0.25, 0.3) is 0 Å². The topological polar surface area (TPSA) is 87.5 Å². The van der Waals surface area contributed by atoms with E-state index in [4.69, 9.17) is 4.74 Å². The van der Waals surface area contributed by atoms with Crippen LogP contribution in [0.15, 0.2) is 0 Å². The summed E-state index contributed by atoms with van der Waals surface area (Å²) >= 11 is 0. The number of nitrogens with zero attached hydrogens (tertiary/aromatic N) is 2. The van der Waals surface area contributed by atoms with Crippen molar-refractivity contribution in [3.8, 4) is 0 Å². The van der Waals surface area contributed by atoms with Crippen molar-refractivity contribution >= 4 is 17.7 Å². The first-order chi connectivity index (χ1) is 9.58. The van der Waals surface area contributed by atoms with Crippen molar-refractivity contribution < 1.29 is 23.9 Å². The van der Waals surface area contributed by atoms with Gasteiger partial charge >= 0.3 is 11.9 Å². The SMILES string of the molecule is CCOC(=O)c1nn(CC(=O)OC)c2c1[C@@H]1C[C@@H]1C2=O. The number of carbonyl (C=O) groups excluding carboxylic acids is 3. The van der Waals surface area contributed by atoms with Crippen molar-refractivity contribution in [1.82, 2.24) is 9.78 Å². The molecule has 1 heterocycles. The summed E-state index contributed by atoms with van der Waals surface area (Å²) in [5, 5.41) is 4.09. The van der Waals surface area contributed by atoms with Gasteiger partial charge in [0.2, 0.25) is 0 Å². The van der Waals surface area contributed by atoms with Crippen LogP contribution in [0.5, 0.6) is 0 Å². The molecule has 3 rings (SSSR count). The largest absolute Gasteiger partial charge is 0.468 e. The molecule has 106 valence electrons. The number of fused-ring (bicyclic) bond motifs is 3. The van der Waals surface area contributed by atoms with Crippen LogP contribution in [0, 0.1) is 5.92 Å². The highest BCUT2D eigenvalue weighted by Crippen LogP contribution is 2.57. The molecule has 0 unspecified atom stereocenters. The van der Waals surface area contributed by atoms with E-state index in [1.807, 2.05) is 0 Å². The second-order valence-electron chi connectivity index (χ2n) is 4.88. The molecule has 0 spiro atoms. The number of esters is 2. The Kier molecular flexibility index (Phi) is 2.84. The minimum atomic E-state index is -0.548. The van der Waals surface area contributed by atoms with Crippen LogP contribution in [0.3, 0.4) is 0 Å². The number of carbonyl (C=O) groups is 3. The Balaban J connectivity index is 2.02. The number of ketones is 1. The van der Waals surface area contributed by atoms with Gasteiger partial charge in [-0.2, -0.15) is 5.10 Å². The lowest BCUT2D eigenvalue weighted by Crippen LogP contribution is -2.18. The zero-order valence-corrected chi connectivity index (χ0v) is 11.2. The second-order valence-corrected chi connectivity index (χ2v) is 4.88. The quantitative estimate of drug-likeness (QED) is 0.747. The smallest absolute Gasteiger partial charge is 0.359 e. The van der Waals surface area contributed by atoms with E-state index in [0.29, 0.717) is 11.3 Å². The van der Waals surface area contributed by atoms with E-state index in [1.54, 1.807) is 6.92 Å². The fourth-order valence-electron chi connectivity index (χ4n) is 2.72. The summed E-state index contributed by atoms with van der Waals surface area (Å²) in [7, 11) is 1.26. The van der Waals surface area contributed by atoms with Crippen molar-refractivity contribution in [2.75, 3.05) is 13.7 Å². The Morgan fingerprint density at radius 3 is 2.80 bits per heavy atom. The first-order valence-corrected chi connectivity index (χ1v) is 6.47. The van der Waals surface area contributed by atoms with Crippen LogP contribution in [-0.2, 0) is 20.8 Å². The first kappa shape index (κ1) is 12.8.